The molecule has 0 saturated heterocycles. The number of nitrogens with one attached hydrogen (secondary N) is 1. The van der Waals surface area contributed by atoms with E-state index >= 15 is 0 Å². The summed E-state index contributed by atoms with van der Waals surface area (Å²) in [6.45, 7) is 11.5. The first-order valence-electron chi connectivity index (χ1n) is 6.67. The lowest BCUT2D eigenvalue weighted by molar-refractivity contribution is 0.599. The van der Waals surface area contributed by atoms with Crippen LogP contribution in [0.4, 0.5) is 0 Å². The molecular weight excluding hydrogens is 220 g/mol. The molecule has 0 fully saturated rings. The lowest BCUT2D eigenvalue weighted by Gasteiger charge is -2.09. The normalized spacial score (nSPS) is 11.9. The van der Waals surface area contributed by atoms with Crippen LogP contribution in [0.15, 0.2) is 41.9 Å². The number of aliphatic imine (C=N–C) groups is 1. The summed E-state index contributed by atoms with van der Waals surface area (Å²) in [7, 11) is 0. The molecule has 0 atom stereocenters. The van der Waals surface area contributed by atoms with Crippen molar-refractivity contribution in [1.29, 1.82) is 0 Å². The Bertz CT molecular complexity index is 391. The molecule has 0 aromatic heterocycles. The summed E-state index contributed by atoms with van der Waals surface area (Å²) in [5.74, 6) is 0. The summed E-state index contributed by atoms with van der Waals surface area (Å²) in [4.78, 5) is 4.64. The van der Waals surface area contributed by atoms with Gasteiger partial charge in [0.15, 0.2) is 0 Å². The first-order chi connectivity index (χ1) is 8.63. The molecule has 1 aromatic carbocycles. The summed E-state index contributed by atoms with van der Waals surface area (Å²) >= 11 is 0. The number of hydrogen-bond donors (Lipinski definition) is 1. The van der Waals surface area contributed by atoms with Crippen molar-refractivity contribution in [1.82, 2.24) is 5.32 Å². The van der Waals surface area contributed by atoms with Crippen molar-refractivity contribution in [3.8, 4) is 0 Å². The molecule has 0 bridgehead atoms. The minimum atomic E-state index is 0.528. The van der Waals surface area contributed by atoms with Crippen molar-refractivity contribution >= 4 is 11.4 Å². The van der Waals surface area contributed by atoms with Gasteiger partial charge in [0, 0.05) is 18.3 Å². The number of nitrogens with zero attached hydrogens (tertiary/aromatic N) is 1. The highest BCUT2D eigenvalue weighted by molar-refractivity contribution is 5.89. The highest BCUT2D eigenvalue weighted by Crippen LogP contribution is 2.14. The van der Waals surface area contributed by atoms with E-state index in [-0.39, 0.29) is 0 Å². The number of rotatable bonds is 7. The third-order valence-electron chi connectivity index (χ3n) is 2.77. The molecule has 1 rings (SSSR count). The van der Waals surface area contributed by atoms with Crippen LogP contribution in [0.2, 0.25) is 0 Å². The Labute approximate surface area is 111 Å². The minimum absolute atomic E-state index is 0.528. The Hall–Kier alpha value is -1.41. The number of benzene rings is 1. The van der Waals surface area contributed by atoms with Gasteiger partial charge in [-0.1, -0.05) is 57.7 Å². The molecule has 1 N–H and O–H groups in total. The second kappa shape index (κ2) is 7.83. The molecule has 0 spiro atoms. The van der Waals surface area contributed by atoms with Gasteiger partial charge in [-0.3, -0.25) is 4.99 Å². The van der Waals surface area contributed by atoms with Crippen molar-refractivity contribution in [2.75, 3.05) is 6.54 Å². The van der Waals surface area contributed by atoms with Crippen LogP contribution in [-0.4, -0.2) is 18.3 Å². The first kappa shape index (κ1) is 14.7. The fourth-order valence-corrected chi connectivity index (χ4v) is 1.70. The van der Waals surface area contributed by atoms with Gasteiger partial charge in [-0.2, -0.15) is 0 Å². The van der Waals surface area contributed by atoms with E-state index < -0.39 is 0 Å². The molecule has 0 heterocycles. The van der Waals surface area contributed by atoms with E-state index in [4.69, 9.17) is 0 Å². The van der Waals surface area contributed by atoms with Gasteiger partial charge >= 0.3 is 0 Å². The van der Waals surface area contributed by atoms with Crippen molar-refractivity contribution in [2.24, 2.45) is 4.99 Å². The zero-order valence-corrected chi connectivity index (χ0v) is 11.7. The average Bonchev–Trinajstić information content (AvgIpc) is 2.38. The predicted molar refractivity (Wildman–Crippen MR) is 81.0 cm³/mol. The van der Waals surface area contributed by atoms with Crippen molar-refractivity contribution in [3.63, 3.8) is 0 Å². The van der Waals surface area contributed by atoms with Gasteiger partial charge in [-0.25, -0.2) is 0 Å². The van der Waals surface area contributed by atoms with Crippen molar-refractivity contribution < 1.29 is 0 Å². The smallest absolute Gasteiger partial charge is 0.0629 e. The second-order valence-electron chi connectivity index (χ2n) is 4.70. The number of hydrogen-bond acceptors (Lipinski definition) is 2. The van der Waals surface area contributed by atoms with Crippen LogP contribution < -0.4 is 5.32 Å². The third kappa shape index (κ3) is 5.28. The molecule has 0 aliphatic carbocycles. The zero-order valence-electron chi connectivity index (χ0n) is 11.7. The van der Waals surface area contributed by atoms with Crippen LogP contribution in [0, 0.1) is 0 Å². The summed E-state index contributed by atoms with van der Waals surface area (Å²) in [6.07, 6.45) is 1.96. The van der Waals surface area contributed by atoms with E-state index in [1.807, 2.05) is 30.3 Å². The summed E-state index contributed by atoms with van der Waals surface area (Å²) in [5.41, 5.74) is 3.16. The minimum Gasteiger partial charge on any atom is -0.314 e. The molecular formula is C16H24N2. The highest BCUT2D eigenvalue weighted by atomic mass is 14.9. The van der Waals surface area contributed by atoms with Crippen LogP contribution in [0.25, 0.3) is 5.70 Å². The Kier molecular flexibility index (Phi) is 6.37. The SMILES string of the molecule is C=C(N=C(CC)CCNC(C)C)c1ccccc1. The standard InChI is InChI=1S/C16H24N2/c1-5-16(11-12-17-13(2)3)18-14(4)15-9-7-6-8-10-15/h6-10,13,17H,4-5,11-12H2,1-3H3. The molecule has 0 amide bonds. The fourth-order valence-electron chi connectivity index (χ4n) is 1.70. The van der Waals surface area contributed by atoms with Gasteiger partial charge in [-0.05, 0) is 18.4 Å². The molecule has 0 aliphatic rings. The molecule has 98 valence electrons. The van der Waals surface area contributed by atoms with E-state index in [9.17, 15) is 0 Å². The molecule has 0 radical (unpaired) electrons. The molecule has 0 saturated carbocycles. The monoisotopic (exact) mass is 244 g/mol. The topological polar surface area (TPSA) is 24.4 Å². The van der Waals surface area contributed by atoms with Gasteiger partial charge in [0.05, 0.1) is 5.70 Å². The summed E-state index contributed by atoms with van der Waals surface area (Å²) < 4.78 is 0. The quantitative estimate of drug-likeness (QED) is 0.723. The maximum Gasteiger partial charge on any atom is 0.0629 e. The van der Waals surface area contributed by atoms with Gasteiger partial charge < -0.3 is 5.32 Å². The Balaban J connectivity index is 2.58. The lowest BCUT2D eigenvalue weighted by atomic mass is 10.1. The van der Waals surface area contributed by atoms with Gasteiger partial charge in [0.2, 0.25) is 0 Å². The highest BCUT2D eigenvalue weighted by Gasteiger charge is 2.01. The lowest BCUT2D eigenvalue weighted by Crippen LogP contribution is -2.25. The molecule has 18 heavy (non-hydrogen) atoms. The summed E-state index contributed by atoms with van der Waals surface area (Å²) in [6, 6.07) is 10.7. The predicted octanol–water partition coefficient (Wildman–Crippen LogP) is 3.90. The van der Waals surface area contributed by atoms with Crippen LogP contribution >= 0.6 is 0 Å². The van der Waals surface area contributed by atoms with Crippen LogP contribution in [0.3, 0.4) is 0 Å². The van der Waals surface area contributed by atoms with E-state index in [1.165, 1.54) is 5.71 Å². The van der Waals surface area contributed by atoms with Crippen LogP contribution in [-0.2, 0) is 0 Å². The Morgan fingerprint density at radius 1 is 1.28 bits per heavy atom. The molecule has 0 aliphatic heterocycles. The van der Waals surface area contributed by atoms with Gasteiger partial charge in [0.1, 0.15) is 0 Å². The van der Waals surface area contributed by atoms with Gasteiger partial charge in [-0.15, -0.1) is 0 Å². The average molecular weight is 244 g/mol. The van der Waals surface area contributed by atoms with Crippen molar-refractivity contribution in [2.45, 2.75) is 39.7 Å². The van der Waals surface area contributed by atoms with E-state index in [2.05, 4.69) is 37.7 Å². The Morgan fingerprint density at radius 3 is 2.50 bits per heavy atom. The van der Waals surface area contributed by atoms with Gasteiger partial charge in [0.25, 0.3) is 0 Å². The van der Waals surface area contributed by atoms with Crippen LogP contribution in [0.5, 0.6) is 0 Å². The third-order valence-corrected chi connectivity index (χ3v) is 2.77. The second-order valence-corrected chi connectivity index (χ2v) is 4.70. The van der Waals surface area contributed by atoms with Crippen molar-refractivity contribution in [3.05, 3.63) is 42.5 Å². The van der Waals surface area contributed by atoms with E-state index in [0.717, 1.165) is 30.6 Å². The Morgan fingerprint density at radius 2 is 1.94 bits per heavy atom. The molecule has 2 nitrogen and oxygen atoms in total. The van der Waals surface area contributed by atoms with E-state index in [0.29, 0.717) is 6.04 Å². The van der Waals surface area contributed by atoms with E-state index in [1.54, 1.807) is 0 Å². The maximum atomic E-state index is 4.64. The fraction of sp³-hybridized carbons (Fsp3) is 0.438. The zero-order chi connectivity index (χ0) is 13.4. The first-order valence-corrected chi connectivity index (χ1v) is 6.67. The van der Waals surface area contributed by atoms with Crippen LogP contribution in [0.1, 0.15) is 39.2 Å². The largest absolute Gasteiger partial charge is 0.314 e. The molecule has 0 unspecified atom stereocenters. The summed E-state index contributed by atoms with van der Waals surface area (Å²) in [5, 5.41) is 3.41. The maximum absolute atomic E-state index is 4.64. The molecule has 1 aromatic rings. The molecule has 2 heteroatoms.